The first-order chi connectivity index (χ1) is 10.9. The van der Waals surface area contributed by atoms with Crippen molar-refractivity contribution in [2.75, 3.05) is 0 Å². The Hall–Kier alpha value is -1.80. The van der Waals surface area contributed by atoms with Gasteiger partial charge in [-0.05, 0) is 46.9 Å². The average Bonchev–Trinajstić information content (AvgIpc) is 3.37. The van der Waals surface area contributed by atoms with Gasteiger partial charge >= 0.3 is 0 Å². The van der Waals surface area contributed by atoms with Crippen LogP contribution in [0.5, 0.6) is 5.75 Å². The normalized spacial score (nSPS) is 16.2. The second-order valence-corrected chi connectivity index (χ2v) is 7.64. The molecule has 1 unspecified atom stereocenters. The molecule has 0 aromatic heterocycles. The van der Waals surface area contributed by atoms with Gasteiger partial charge in [0.25, 0.3) is 0 Å². The smallest absolute Gasteiger partial charge is 0.123 e. The molecule has 1 aliphatic carbocycles. The van der Waals surface area contributed by atoms with Crippen LogP contribution >= 0.6 is 0 Å². The third kappa shape index (κ3) is 3.94. The van der Waals surface area contributed by atoms with Gasteiger partial charge in [-0.15, -0.1) is 0 Å². The Kier molecular flexibility index (Phi) is 4.45. The van der Waals surface area contributed by atoms with Crippen molar-refractivity contribution in [1.29, 1.82) is 0 Å². The zero-order chi connectivity index (χ0) is 16.4. The topological polar surface area (TPSA) is 35.2 Å². The van der Waals surface area contributed by atoms with Crippen molar-refractivity contribution >= 4 is 0 Å². The predicted octanol–water partition coefficient (Wildman–Crippen LogP) is 4.97. The molecule has 1 aliphatic rings. The van der Waals surface area contributed by atoms with E-state index in [2.05, 4.69) is 51.1 Å². The molecule has 2 nitrogen and oxygen atoms in total. The van der Waals surface area contributed by atoms with Gasteiger partial charge in [0.15, 0.2) is 0 Å². The highest BCUT2D eigenvalue weighted by Crippen LogP contribution is 2.41. The fourth-order valence-corrected chi connectivity index (χ4v) is 2.93. The fourth-order valence-electron chi connectivity index (χ4n) is 2.93. The van der Waals surface area contributed by atoms with Crippen LogP contribution in [0.1, 0.15) is 56.3 Å². The Morgan fingerprint density at radius 2 is 1.78 bits per heavy atom. The van der Waals surface area contributed by atoms with Crippen molar-refractivity contribution in [3.8, 4) is 5.75 Å². The summed E-state index contributed by atoms with van der Waals surface area (Å²) in [6.07, 6.45) is 2.52. The van der Waals surface area contributed by atoms with Gasteiger partial charge in [0, 0.05) is 6.04 Å². The van der Waals surface area contributed by atoms with Crippen LogP contribution in [-0.2, 0) is 12.0 Å². The summed E-state index contributed by atoms with van der Waals surface area (Å²) < 4.78 is 6.12. The highest BCUT2D eigenvalue weighted by atomic mass is 16.5. The fraction of sp³-hybridized carbons (Fsp3) is 0.429. The van der Waals surface area contributed by atoms with Crippen molar-refractivity contribution in [2.45, 2.75) is 51.7 Å². The molecule has 0 aliphatic heterocycles. The monoisotopic (exact) mass is 309 g/mol. The summed E-state index contributed by atoms with van der Waals surface area (Å²) >= 11 is 0. The molecule has 0 radical (unpaired) electrons. The van der Waals surface area contributed by atoms with E-state index in [0.717, 1.165) is 5.75 Å². The molecular weight excluding hydrogens is 282 g/mol. The summed E-state index contributed by atoms with van der Waals surface area (Å²) in [6.45, 7) is 7.27. The first-order valence-electron chi connectivity index (χ1n) is 8.52. The van der Waals surface area contributed by atoms with Gasteiger partial charge in [0.1, 0.15) is 12.4 Å². The van der Waals surface area contributed by atoms with Gasteiger partial charge in [0.05, 0.1) is 0 Å². The van der Waals surface area contributed by atoms with Crippen molar-refractivity contribution in [1.82, 2.24) is 0 Å². The maximum Gasteiger partial charge on any atom is 0.123 e. The molecule has 2 heteroatoms. The van der Waals surface area contributed by atoms with Crippen LogP contribution in [0.2, 0.25) is 0 Å². The number of benzene rings is 2. The number of rotatable bonds is 5. The highest BCUT2D eigenvalue weighted by molar-refractivity contribution is 5.43. The summed E-state index contributed by atoms with van der Waals surface area (Å²) in [5.41, 5.74) is 10.1. The Bertz CT molecular complexity index is 653. The van der Waals surface area contributed by atoms with Gasteiger partial charge < -0.3 is 10.5 Å². The van der Waals surface area contributed by atoms with Crippen LogP contribution < -0.4 is 10.5 Å². The summed E-state index contributed by atoms with van der Waals surface area (Å²) in [7, 11) is 0. The molecule has 0 amide bonds. The second-order valence-electron chi connectivity index (χ2n) is 7.64. The first-order valence-corrected chi connectivity index (χ1v) is 8.52. The second kappa shape index (κ2) is 6.37. The minimum Gasteiger partial charge on any atom is -0.489 e. The molecule has 1 fully saturated rings. The number of hydrogen-bond acceptors (Lipinski definition) is 2. The van der Waals surface area contributed by atoms with Crippen LogP contribution in [0.15, 0.2) is 48.5 Å². The summed E-state index contributed by atoms with van der Waals surface area (Å²) in [4.78, 5) is 0. The average molecular weight is 309 g/mol. The van der Waals surface area contributed by atoms with E-state index < -0.39 is 0 Å². The highest BCUT2D eigenvalue weighted by Gasteiger charge is 2.30. The molecule has 2 aromatic rings. The van der Waals surface area contributed by atoms with E-state index in [1.165, 1.54) is 29.5 Å². The quantitative estimate of drug-likeness (QED) is 0.846. The maximum atomic E-state index is 6.39. The van der Waals surface area contributed by atoms with Crippen molar-refractivity contribution in [2.24, 2.45) is 11.7 Å². The number of ether oxygens (including phenoxy) is 1. The molecule has 0 bridgehead atoms. The van der Waals surface area contributed by atoms with E-state index in [9.17, 15) is 0 Å². The van der Waals surface area contributed by atoms with E-state index in [4.69, 9.17) is 10.5 Å². The largest absolute Gasteiger partial charge is 0.489 e. The van der Waals surface area contributed by atoms with Crippen molar-refractivity contribution < 1.29 is 4.74 Å². The van der Waals surface area contributed by atoms with Gasteiger partial charge in [0.2, 0.25) is 0 Å². The predicted molar refractivity (Wildman–Crippen MR) is 95.6 cm³/mol. The van der Waals surface area contributed by atoms with Crippen molar-refractivity contribution in [3.05, 3.63) is 65.2 Å². The van der Waals surface area contributed by atoms with E-state index in [-0.39, 0.29) is 11.5 Å². The van der Waals surface area contributed by atoms with Crippen LogP contribution in [-0.4, -0.2) is 0 Å². The number of nitrogens with two attached hydrogens (primary N) is 1. The van der Waals surface area contributed by atoms with Gasteiger partial charge in [-0.2, -0.15) is 0 Å². The molecule has 122 valence electrons. The minimum absolute atomic E-state index is 0.0330. The van der Waals surface area contributed by atoms with Gasteiger partial charge in [-0.3, -0.25) is 0 Å². The first kappa shape index (κ1) is 16.1. The third-order valence-electron chi connectivity index (χ3n) is 4.56. The number of hydrogen-bond donors (Lipinski definition) is 1. The van der Waals surface area contributed by atoms with E-state index in [0.29, 0.717) is 12.5 Å². The summed E-state index contributed by atoms with van der Waals surface area (Å²) in [5, 5.41) is 0. The molecular formula is C21H27NO. The zero-order valence-corrected chi connectivity index (χ0v) is 14.4. The molecule has 3 rings (SSSR count). The Balaban J connectivity index is 1.83. The van der Waals surface area contributed by atoms with Crippen LogP contribution in [0, 0.1) is 5.92 Å². The molecule has 0 saturated heterocycles. The molecule has 23 heavy (non-hydrogen) atoms. The standard InChI is InChI=1S/C21H27NO/c1-21(2,3)18-13-17(20(22)16-9-10-16)11-12-19(18)23-14-15-7-5-4-6-8-15/h4-8,11-13,16,20H,9-10,14,22H2,1-3H3. The van der Waals surface area contributed by atoms with E-state index >= 15 is 0 Å². The SMILES string of the molecule is CC(C)(C)c1cc(C(N)C2CC2)ccc1OCc1ccccc1. The lowest BCUT2D eigenvalue weighted by Gasteiger charge is -2.25. The lowest BCUT2D eigenvalue weighted by Crippen LogP contribution is -2.17. The Morgan fingerprint density at radius 3 is 2.39 bits per heavy atom. The van der Waals surface area contributed by atoms with Crippen molar-refractivity contribution in [3.63, 3.8) is 0 Å². The molecule has 2 N–H and O–H groups in total. The minimum atomic E-state index is 0.0330. The third-order valence-corrected chi connectivity index (χ3v) is 4.56. The van der Waals surface area contributed by atoms with Gasteiger partial charge in [-0.1, -0.05) is 63.2 Å². The van der Waals surface area contributed by atoms with Crippen LogP contribution in [0.25, 0.3) is 0 Å². The van der Waals surface area contributed by atoms with Crippen LogP contribution in [0.4, 0.5) is 0 Å². The van der Waals surface area contributed by atoms with E-state index in [1.54, 1.807) is 0 Å². The Labute approximate surface area is 139 Å². The lowest BCUT2D eigenvalue weighted by molar-refractivity contribution is 0.297. The zero-order valence-electron chi connectivity index (χ0n) is 14.4. The lowest BCUT2D eigenvalue weighted by atomic mass is 9.84. The van der Waals surface area contributed by atoms with Crippen LogP contribution in [0.3, 0.4) is 0 Å². The van der Waals surface area contributed by atoms with Gasteiger partial charge in [-0.25, -0.2) is 0 Å². The summed E-state index contributed by atoms with van der Waals surface area (Å²) in [5.74, 6) is 1.63. The van der Waals surface area contributed by atoms with E-state index in [1.807, 2.05) is 18.2 Å². The maximum absolute atomic E-state index is 6.39. The molecule has 1 saturated carbocycles. The molecule has 0 spiro atoms. The molecule has 0 heterocycles. The molecule has 1 atom stereocenters. The summed E-state index contributed by atoms with van der Waals surface area (Å²) in [6, 6.07) is 16.9. The molecule has 2 aromatic carbocycles. The Morgan fingerprint density at radius 1 is 1.09 bits per heavy atom.